The number of nitrogens with zero attached hydrogens (tertiary/aromatic N) is 3. The van der Waals surface area contributed by atoms with E-state index in [-0.39, 0.29) is 42.8 Å². The molecule has 3 rings (SSSR count). The molecule has 0 saturated heterocycles. The van der Waals surface area contributed by atoms with Gasteiger partial charge in [-0.25, -0.2) is 9.59 Å². The van der Waals surface area contributed by atoms with E-state index in [1.54, 1.807) is 6.92 Å². The molecule has 1 aliphatic heterocycles. The van der Waals surface area contributed by atoms with Gasteiger partial charge in [0.2, 0.25) is 5.95 Å². The van der Waals surface area contributed by atoms with Gasteiger partial charge in [-0.05, 0) is 44.0 Å². The van der Waals surface area contributed by atoms with Gasteiger partial charge in [-0.2, -0.15) is 9.97 Å². The van der Waals surface area contributed by atoms with Crippen LogP contribution in [0.3, 0.4) is 0 Å². The van der Waals surface area contributed by atoms with Crippen LogP contribution >= 0.6 is 0 Å². The number of nitrogen functional groups attached to an aromatic ring is 2. The zero-order valence-corrected chi connectivity index (χ0v) is 20.1. The molecule has 0 radical (unpaired) electrons. The molecule has 0 spiro atoms. The third-order valence-electron chi connectivity index (χ3n) is 5.80. The largest absolute Gasteiger partial charge is 0.481 e. The Bertz CT molecular complexity index is 1170. The summed E-state index contributed by atoms with van der Waals surface area (Å²) in [5.41, 5.74) is 13.0. The molecule has 198 valence electrons. The molecule has 37 heavy (non-hydrogen) atoms. The average molecular weight is 516 g/mol. The van der Waals surface area contributed by atoms with Crippen molar-refractivity contribution >= 4 is 47.2 Å². The smallest absolute Gasteiger partial charge is 0.414 e. The summed E-state index contributed by atoms with van der Waals surface area (Å²) in [5, 5.41) is 23.5. The van der Waals surface area contributed by atoms with Gasteiger partial charge in [-0.15, -0.1) is 0 Å². The minimum absolute atomic E-state index is 0.0678. The Hall–Kier alpha value is -4.62. The summed E-state index contributed by atoms with van der Waals surface area (Å²) in [4.78, 5) is 56.9. The van der Waals surface area contributed by atoms with Crippen LogP contribution in [0.5, 0.6) is 0 Å². The monoisotopic (exact) mass is 515 g/mol. The first kappa shape index (κ1) is 27.0. The lowest BCUT2D eigenvalue weighted by Crippen LogP contribution is -2.41. The molecule has 1 aliphatic rings. The van der Waals surface area contributed by atoms with E-state index in [2.05, 4.69) is 20.6 Å². The molecular formula is C23H29N7O7. The Labute approximate surface area is 212 Å². The van der Waals surface area contributed by atoms with Crippen molar-refractivity contribution in [1.82, 2.24) is 15.3 Å². The maximum absolute atomic E-state index is 12.7. The minimum atomic E-state index is -1.35. The first-order chi connectivity index (χ1) is 17.6. The highest BCUT2D eigenvalue weighted by atomic mass is 16.6. The number of anilines is 4. The van der Waals surface area contributed by atoms with Crippen LogP contribution in [0.15, 0.2) is 24.3 Å². The quantitative estimate of drug-likeness (QED) is 0.249. The molecule has 0 aliphatic carbocycles. The number of amides is 2. The summed E-state index contributed by atoms with van der Waals surface area (Å²) in [5.74, 6) is -2.35. The van der Waals surface area contributed by atoms with E-state index in [9.17, 15) is 24.3 Å². The normalized spacial score (nSPS) is 14.7. The van der Waals surface area contributed by atoms with Gasteiger partial charge in [0.05, 0.1) is 6.61 Å². The van der Waals surface area contributed by atoms with E-state index >= 15 is 0 Å². The summed E-state index contributed by atoms with van der Waals surface area (Å²) in [6, 6.07) is 4.60. The van der Waals surface area contributed by atoms with Crippen LogP contribution in [-0.2, 0) is 14.3 Å². The third-order valence-corrected chi connectivity index (χ3v) is 5.80. The van der Waals surface area contributed by atoms with Crippen molar-refractivity contribution in [3.63, 3.8) is 0 Å². The zero-order valence-electron chi connectivity index (χ0n) is 20.1. The topological polar surface area (TPSA) is 223 Å². The molecule has 2 aromatic rings. The summed E-state index contributed by atoms with van der Waals surface area (Å²) in [6.07, 6.45) is -0.738. The summed E-state index contributed by atoms with van der Waals surface area (Å²) in [7, 11) is 0. The predicted octanol–water partition coefficient (Wildman–Crippen LogP) is 1.25. The van der Waals surface area contributed by atoms with Crippen molar-refractivity contribution in [2.75, 3.05) is 41.4 Å². The number of aromatic nitrogens is 2. The van der Waals surface area contributed by atoms with Crippen LogP contribution in [-0.4, -0.2) is 69.9 Å². The van der Waals surface area contributed by atoms with E-state index in [1.165, 1.54) is 29.2 Å². The second-order valence-corrected chi connectivity index (χ2v) is 8.29. The predicted molar refractivity (Wildman–Crippen MR) is 133 cm³/mol. The van der Waals surface area contributed by atoms with Crippen LogP contribution in [0, 0.1) is 0 Å². The van der Waals surface area contributed by atoms with Gasteiger partial charge in [-0.3, -0.25) is 14.5 Å². The molecule has 1 unspecified atom stereocenters. The lowest BCUT2D eigenvalue weighted by Gasteiger charge is -2.24. The van der Waals surface area contributed by atoms with Crippen molar-refractivity contribution in [2.24, 2.45) is 0 Å². The Morgan fingerprint density at radius 1 is 1.19 bits per heavy atom. The third kappa shape index (κ3) is 6.74. The maximum Gasteiger partial charge on any atom is 0.414 e. The lowest BCUT2D eigenvalue weighted by molar-refractivity contribution is -0.140. The molecule has 14 heteroatoms. The van der Waals surface area contributed by atoms with E-state index in [0.29, 0.717) is 24.5 Å². The number of benzene rings is 1. The van der Waals surface area contributed by atoms with Gasteiger partial charge in [0, 0.05) is 42.2 Å². The van der Waals surface area contributed by atoms with Crippen molar-refractivity contribution in [3.05, 3.63) is 35.4 Å². The summed E-state index contributed by atoms with van der Waals surface area (Å²) < 4.78 is 5.20. The highest BCUT2D eigenvalue weighted by Gasteiger charge is 2.29. The molecule has 0 bridgehead atoms. The van der Waals surface area contributed by atoms with Crippen LogP contribution < -0.4 is 27.0 Å². The van der Waals surface area contributed by atoms with Gasteiger partial charge < -0.3 is 37.1 Å². The molecule has 0 fully saturated rings. The number of fused-ring (bicyclic) bond motifs is 1. The number of aliphatic carboxylic acids is 2. The Balaban J connectivity index is 1.72. The minimum Gasteiger partial charge on any atom is -0.481 e. The number of carbonyl (C=O) groups excluding carboxylic acids is 2. The number of nitrogens with two attached hydrogens (primary N) is 2. The molecule has 1 aromatic heterocycles. The molecular weight excluding hydrogens is 486 g/mol. The van der Waals surface area contributed by atoms with E-state index < -0.39 is 36.4 Å². The molecule has 8 N–H and O–H groups in total. The second-order valence-electron chi connectivity index (χ2n) is 8.29. The molecule has 2 amide bonds. The number of carboxylic acids is 2. The van der Waals surface area contributed by atoms with Crippen LogP contribution in [0.2, 0.25) is 0 Å². The SMILES string of the molecule is CCOC(=O)N(CCC1CNc2nc(N)nc(N)c21)c1ccc(C(=O)N[C@@H](CCC(=O)O)C(=O)O)cc1. The van der Waals surface area contributed by atoms with Gasteiger partial charge in [-0.1, -0.05) is 0 Å². The van der Waals surface area contributed by atoms with Gasteiger partial charge in [0.1, 0.15) is 17.7 Å². The number of nitrogens with one attached hydrogen (secondary N) is 2. The number of rotatable bonds is 11. The molecule has 14 nitrogen and oxygen atoms in total. The van der Waals surface area contributed by atoms with Crippen LogP contribution in [0.25, 0.3) is 0 Å². The number of carbonyl (C=O) groups is 4. The number of carboxylic acid groups (broad SMARTS) is 2. The number of hydrogen-bond donors (Lipinski definition) is 6. The number of ether oxygens (including phenoxy) is 1. The highest BCUT2D eigenvalue weighted by molar-refractivity contribution is 5.97. The van der Waals surface area contributed by atoms with Gasteiger partial charge >= 0.3 is 18.0 Å². The maximum atomic E-state index is 12.7. The Morgan fingerprint density at radius 2 is 1.89 bits per heavy atom. The Morgan fingerprint density at radius 3 is 2.51 bits per heavy atom. The Kier molecular flexibility index (Phi) is 8.66. The van der Waals surface area contributed by atoms with Crippen molar-refractivity contribution in [3.8, 4) is 0 Å². The van der Waals surface area contributed by atoms with Crippen molar-refractivity contribution in [1.29, 1.82) is 0 Å². The average Bonchev–Trinajstić information content (AvgIpc) is 3.25. The standard InChI is InChI=1S/C23H29N7O7/c1-2-37-23(36)30(10-9-13-11-26-19-17(13)18(24)28-22(25)29-19)14-5-3-12(4-6-14)20(33)27-15(21(34)35)7-8-16(31)32/h3-6,13,15H,2,7-11H2,1H3,(H,27,33)(H,31,32)(H,34,35)(H5,24,25,26,28,29)/t13?,15-/m0/s1. The van der Waals surface area contributed by atoms with E-state index in [0.717, 1.165) is 5.56 Å². The first-order valence-electron chi connectivity index (χ1n) is 11.6. The van der Waals surface area contributed by atoms with Crippen LogP contribution in [0.4, 0.5) is 28.1 Å². The van der Waals surface area contributed by atoms with Gasteiger partial charge in [0.15, 0.2) is 0 Å². The zero-order chi connectivity index (χ0) is 27.1. The van der Waals surface area contributed by atoms with Crippen molar-refractivity contribution < 1.29 is 34.1 Å². The summed E-state index contributed by atoms with van der Waals surface area (Å²) in [6.45, 7) is 2.65. The van der Waals surface area contributed by atoms with Crippen LogP contribution in [0.1, 0.15) is 48.0 Å². The summed E-state index contributed by atoms with van der Waals surface area (Å²) >= 11 is 0. The van der Waals surface area contributed by atoms with E-state index in [1.807, 2.05) is 0 Å². The van der Waals surface area contributed by atoms with Crippen molar-refractivity contribution in [2.45, 2.75) is 38.1 Å². The lowest BCUT2D eigenvalue weighted by atomic mass is 9.99. The molecule has 1 aromatic carbocycles. The fraction of sp³-hybridized carbons (Fsp3) is 0.391. The van der Waals surface area contributed by atoms with E-state index in [4.69, 9.17) is 21.3 Å². The molecule has 2 heterocycles. The molecule has 0 saturated carbocycles. The highest BCUT2D eigenvalue weighted by Crippen LogP contribution is 2.36. The molecule has 2 atom stereocenters. The second kappa shape index (κ2) is 11.9. The fourth-order valence-corrected chi connectivity index (χ4v) is 3.98. The first-order valence-corrected chi connectivity index (χ1v) is 11.6. The van der Waals surface area contributed by atoms with Gasteiger partial charge in [0.25, 0.3) is 5.91 Å². The fourth-order valence-electron chi connectivity index (χ4n) is 3.98. The number of hydrogen-bond acceptors (Lipinski definition) is 10.